The summed E-state index contributed by atoms with van der Waals surface area (Å²) >= 11 is 0. The van der Waals surface area contributed by atoms with Gasteiger partial charge in [0.15, 0.2) is 0 Å². The van der Waals surface area contributed by atoms with Crippen LogP contribution in [-0.4, -0.2) is 36.8 Å². The van der Waals surface area contributed by atoms with Gasteiger partial charge in [-0.25, -0.2) is 0 Å². The van der Waals surface area contributed by atoms with Gasteiger partial charge in [-0.05, 0) is 31.2 Å². The molecule has 1 atom stereocenters. The Morgan fingerprint density at radius 1 is 1.41 bits per heavy atom. The topological polar surface area (TPSA) is 32.7 Å². The summed E-state index contributed by atoms with van der Waals surface area (Å²) in [5.74, 6) is 0.880. The second kappa shape index (κ2) is 7.30. The molecule has 0 radical (unpaired) electrons. The van der Waals surface area contributed by atoms with Gasteiger partial charge in [-0.15, -0.1) is 0 Å². The van der Waals surface area contributed by atoms with Gasteiger partial charge in [0.05, 0.1) is 13.2 Å². The molecule has 1 aromatic carbocycles. The molecule has 0 heterocycles. The second-order valence-electron chi connectivity index (χ2n) is 4.49. The Bertz CT molecular complexity index is 328. The van der Waals surface area contributed by atoms with Crippen molar-refractivity contribution < 1.29 is 9.84 Å². The molecule has 0 amide bonds. The molecule has 3 nitrogen and oxygen atoms in total. The number of benzene rings is 1. The van der Waals surface area contributed by atoms with Crippen molar-refractivity contribution >= 4 is 0 Å². The summed E-state index contributed by atoms with van der Waals surface area (Å²) in [6.45, 7) is 3.63. The highest BCUT2D eigenvalue weighted by molar-refractivity contribution is 5.28. The van der Waals surface area contributed by atoms with E-state index in [1.807, 2.05) is 25.2 Å². The van der Waals surface area contributed by atoms with E-state index >= 15 is 0 Å². The van der Waals surface area contributed by atoms with Crippen LogP contribution in [0.15, 0.2) is 24.3 Å². The molecule has 1 aromatic rings. The van der Waals surface area contributed by atoms with Gasteiger partial charge in [-0.1, -0.05) is 25.5 Å². The first-order chi connectivity index (χ1) is 8.15. The number of nitrogens with zero attached hydrogens (tertiary/aromatic N) is 1. The third-order valence-corrected chi connectivity index (χ3v) is 2.73. The Labute approximate surface area is 104 Å². The van der Waals surface area contributed by atoms with Crippen LogP contribution in [0.3, 0.4) is 0 Å². The molecule has 0 aliphatic heterocycles. The quantitative estimate of drug-likeness (QED) is 0.789. The highest BCUT2D eigenvalue weighted by Crippen LogP contribution is 2.14. The lowest BCUT2D eigenvalue weighted by molar-refractivity contribution is 0.114. The third-order valence-electron chi connectivity index (χ3n) is 2.73. The summed E-state index contributed by atoms with van der Waals surface area (Å²) in [6.07, 6.45) is 1.66. The van der Waals surface area contributed by atoms with E-state index in [0.717, 1.165) is 25.1 Å². The van der Waals surface area contributed by atoms with Crippen LogP contribution in [0.4, 0.5) is 0 Å². The van der Waals surface area contributed by atoms with Crippen molar-refractivity contribution in [3.8, 4) is 5.75 Å². The van der Waals surface area contributed by atoms with Crippen LogP contribution in [0, 0.1) is 0 Å². The number of hydrogen-bond acceptors (Lipinski definition) is 3. The first-order valence-corrected chi connectivity index (χ1v) is 6.15. The zero-order valence-corrected chi connectivity index (χ0v) is 11.0. The Hall–Kier alpha value is -1.06. The summed E-state index contributed by atoms with van der Waals surface area (Å²) in [6, 6.07) is 8.04. The van der Waals surface area contributed by atoms with Crippen molar-refractivity contribution in [2.45, 2.75) is 32.4 Å². The highest BCUT2D eigenvalue weighted by Gasteiger charge is 2.07. The smallest absolute Gasteiger partial charge is 0.119 e. The van der Waals surface area contributed by atoms with Gasteiger partial charge in [-0.3, -0.25) is 4.90 Å². The number of ether oxygens (including phenoxy) is 1. The summed E-state index contributed by atoms with van der Waals surface area (Å²) in [5.41, 5.74) is 1.20. The van der Waals surface area contributed by atoms with Gasteiger partial charge in [-0.2, -0.15) is 0 Å². The van der Waals surface area contributed by atoms with Crippen LogP contribution < -0.4 is 4.74 Å². The molecule has 1 N–H and O–H groups in total. The molecule has 3 heteroatoms. The molecule has 17 heavy (non-hydrogen) atoms. The molecular weight excluding hydrogens is 214 g/mol. The molecule has 0 fully saturated rings. The summed E-state index contributed by atoms with van der Waals surface area (Å²) in [5, 5.41) is 9.73. The first kappa shape index (κ1) is 14.0. The lowest BCUT2D eigenvalue weighted by Crippen LogP contribution is -2.28. The SMILES string of the molecule is CCCC(O)CN(C)Cc1cccc(OC)c1. The standard InChI is InChI=1S/C14H23NO2/c1-4-6-13(16)11-15(2)10-12-7-5-8-14(9-12)17-3/h5,7-9,13,16H,4,6,10-11H2,1-3H3. The average molecular weight is 237 g/mol. The largest absolute Gasteiger partial charge is 0.497 e. The highest BCUT2D eigenvalue weighted by atomic mass is 16.5. The van der Waals surface area contributed by atoms with Crippen LogP contribution >= 0.6 is 0 Å². The van der Waals surface area contributed by atoms with Crippen LogP contribution in [0.25, 0.3) is 0 Å². The van der Waals surface area contributed by atoms with Gasteiger partial charge in [0.25, 0.3) is 0 Å². The van der Waals surface area contributed by atoms with E-state index in [4.69, 9.17) is 4.74 Å². The first-order valence-electron chi connectivity index (χ1n) is 6.15. The number of likely N-dealkylation sites (N-methyl/N-ethyl adjacent to an activating group) is 1. The van der Waals surface area contributed by atoms with Gasteiger partial charge >= 0.3 is 0 Å². The zero-order valence-electron chi connectivity index (χ0n) is 11.0. The molecule has 0 spiro atoms. The fourth-order valence-corrected chi connectivity index (χ4v) is 1.93. The number of aliphatic hydroxyl groups excluding tert-OH is 1. The Morgan fingerprint density at radius 2 is 2.18 bits per heavy atom. The Kier molecular flexibility index (Phi) is 6.01. The number of hydrogen-bond donors (Lipinski definition) is 1. The number of rotatable bonds is 7. The van der Waals surface area contributed by atoms with E-state index in [1.54, 1.807) is 7.11 Å². The predicted molar refractivity (Wildman–Crippen MR) is 70.2 cm³/mol. The summed E-state index contributed by atoms with van der Waals surface area (Å²) in [4.78, 5) is 2.13. The van der Waals surface area contributed by atoms with E-state index in [0.29, 0.717) is 6.54 Å². The Balaban J connectivity index is 2.46. The van der Waals surface area contributed by atoms with E-state index in [-0.39, 0.29) is 6.10 Å². The minimum absolute atomic E-state index is 0.226. The van der Waals surface area contributed by atoms with Crippen LogP contribution in [0.5, 0.6) is 5.75 Å². The Morgan fingerprint density at radius 3 is 2.82 bits per heavy atom. The molecular formula is C14H23NO2. The van der Waals surface area contributed by atoms with E-state index in [2.05, 4.69) is 17.9 Å². The maximum atomic E-state index is 9.73. The molecule has 0 aliphatic rings. The van der Waals surface area contributed by atoms with Crippen molar-refractivity contribution in [3.63, 3.8) is 0 Å². The molecule has 1 unspecified atom stereocenters. The normalized spacial score (nSPS) is 12.8. The number of methoxy groups -OCH3 is 1. The third kappa shape index (κ3) is 5.20. The van der Waals surface area contributed by atoms with Crippen LogP contribution in [0.1, 0.15) is 25.3 Å². The van der Waals surface area contributed by atoms with Crippen molar-refractivity contribution in [1.29, 1.82) is 0 Å². The van der Waals surface area contributed by atoms with Crippen molar-refractivity contribution in [2.75, 3.05) is 20.7 Å². The zero-order chi connectivity index (χ0) is 12.7. The lowest BCUT2D eigenvalue weighted by Gasteiger charge is -2.20. The summed E-state index contributed by atoms with van der Waals surface area (Å²) in [7, 11) is 3.70. The average Bonchev–Trinajstić information content (AvgIpc) is 2.29. The van der Waals surface area contributed by atoms with Gasteiger partial charge < -0.3 is 9.84 Å². The fourth-order valence-electron chi connectivity index (χ4n) is 1.93. The molecule has 0 aromatic heterocycles. The predicted octanol–water partition coefficient (Wildman–Crippen LogP) is 2.29. The monoisotopic (exact) mass is 237 g/mol. The van der Waals surface area contributed by atoms with E-state index < -0.39 is 0 Å². The van der Waals surface area contributed by atoms with E-state index in [9.17, 15) is 5.11 Å². The minimum Gasteiger partial charge on any atom is -0.497 e. The molecule has 0 saturated heterocycles. The molecule has 96 valence electrons. The molecule has 0 bridgehead atoms. The molecule has 0 aliphatic carbocycles. The maximum Gasteiger partial charge on any atom is 0.119 e. The van der Waals surface area contributed by atoms with Crippen molar-refractivity contribution in [3.05, 3.63) is 29.8 Å². The van der Waals surface area contributed by atoms with Gasteiger partial charge in [0, 0.05) is 13.1 Å². The van der Waals surface area contributed by atoms with Gasteiger partial charge in [0.2, 0.25) is 0 Å². The lowest BCUT2D eigenvalue weighted by atomic mass is 10.1. The van der Waals surface area contributed by atoms with Crippen LogP contribution in [0.2, 0.25) is 0 Å². The van der Waals surface area contributed by atoms with E-state index in [1.165, 1.54) is 5.56 Å². The molecule has 1 rings (SSSR count). The number of aliphatic hydroxyl groups is 1. The van der Waals surface area contributed by atoms with Crippen molar-refractivity contribution in [2.24, 2.45) is 0 Å². The van der Waals surface area contributed by atoms with Crippen LogP contribution in [-0.2, 0) is 6.54 Å². The second-order valence-corrected chi connectivity index (χ2v) is 4.49. The van der Waals surface area contributed by atoms with Crippen molar-refractivity contribution in [1.82, 2.24) is 4.90 Å². The molecule has 0 saturated carbocycles. The minimum atomic E-state index is -0.226. The summed E-state index contributed by atoms with van der Waals surface area (Å²) < 4.78 is 5.19. The maximum absolute atomic E-state index is 9.73. The fraction of sp³-hybridized carbons (Fsp3) is 0.571. The van der Waals surface area contributed by atoms with Gasteiger partial charge in [0.1, 0.15) is 5.75 Å².